The second-order valence-corrected chi connectivity index (χ2v) is 4.69. The molecule has 1 unspecified atom stereocenters. The van der Waals surface area contributed by atoms with E-state index in [0.717, 1.165) is 11.3 Å². The molecule has 0 radical (unpaired) electrons. The Morgan fingerprint density at radius 3 is 2.70 bits per heavy atom. The Balaban J connectivity index is 1.81. The van der Waals surface area contributed by atoms with Gasteiger partial charge in [-0.1, -0.05) is 0 Å². The molecule has 20 heavy (non-hydrogen) atoms. The van der Waals surface area contributed by atoms with Crippen LogP contribution in [0.2, 0.25) is 0 Å². The molecule has 0 spiro atoms. The van der Waals surface area contributed by atoms with E-state index in [9.17, 15) is 4.79 Å². The van der Waals surface area contributed by atoms with Crippen LogP contribution in [-0.2, 0) is 11.3 Å². The Hall–Kier alpha value is -2.14. The zero-order valence-corrected chi connectivity index (χ0v) is 11.7. The van der Waals surface area contributed by atoms with E-state index >= 15 is 0 Å². The van der Waals surface area contributed by atoms with Crippen LogP contribution >= 0.6 is 0 Å². The average molecular weight is 273 g/mol. The molecule has 2 aromatic heterocycles. The molecule has 2 N–H and O–H groups in total. The summed E-state index contributed by atoms with van der Waals surface area (Å²) in [6.07, 6.45) is 5.08. The van der Waals surface area contributed by atoms with Crippen molar-refractivity contribution in [1.29, 1.82) is 0 Å². The normalized spacial score (nSPS) is 13.7. The van der Waals surface area contributed by atoms with Gasteiger partial charge in [-0.3, -0.25) is 15.1 Å². The highest BCUT2D eigenvalue weighted by Crippen LogP contribution is 2.11. The van der Waals surface area contributed by atoms with Crippen LogP contribution in [0.15, 0.2) is 47.3 Å². The van der Waals surface area contributed by atoms with Gasteiger partial charge >= 0.3 is 0 Å². The lowest BCUT2D eigenvalue weighted by atomic mass is 10.1. The van der Waals surface area contributed by atoms with Gasteiger partial charge in [0.2, 0.25) is 5.91 Å². The first kappa shape index (κ1) is 14.3. The second kappa shape index (κ2) is 6.86. The molecular formula is C15H19N3O2. The van der Waals surface area contributed by atoms with Crippen molar-refractivity contribution in [1.82, 2.24) is 15.6 Å². The molecule has 2 heterocycles. The summed E-state index contributed by atoms with van der Waals surface area (Å²) in [7, 11) is 0. The molecule has 2 rings (SSSR count). The fourth-order valence-electron chi connectivity index (χ4n) is 1.94. The maximum atomic E-state index is 12.0. The molecule has 5 heteroatoms. The number of hydrogen-bond acceptors (Lipinski definition) is 4. The van der Waals surface area contributed by atoms with E-state index in [2.05, 4.69) is 15.6 Å². The van der Waals surface area contributed by atoms with Crippen LogP contribution in [0.25, 0.3) is 0 Å². The summed E-state index contributed by atoms with van der Waals surface area (Å²) in [6.45, 7) is 4.27. The van der Waals surface area contributed by atoms with Gasteiger partial charge in [0, 0.05) is 18.4 Å². The number of furan rings is 1. The monoisotopic (exact) mass is 273 g/mol. The van der Waals surface area contributed by atoms with Crippen molar-refractivity contribution in [3.63, 3.8) is 0 Å². The summed E-state index contributed by atoms with van der Waals surface area (Å²) >= 11 is 0. The third kappa shape index (κ3) is 3.93. The highest BCUT2D eigenvalue weighted by atomic mass is 16.3. The van der Waals surface area contributed by atoms with E-state index in [0.29, 0.717) is 6.54 Å². The molecule has 0 aliphatic carbocycles. The van der Waals surface area contributed by atoms with E-state index in [1.165, 1.54) is 0 Å². The Labute approximate surface area is 118 Å². The van der Waals surface area contributed by atoms with E-state index < -0.39 is 0 Å². The maximum absolute atomic E-state index is 12.0. The number of amides is 1. The summed E-state index contributed by atoms with van der Waals surface area (Å²) in [5, 5.41) is 6.09. The molecule has 0 aliphatic heterocycles. The number of rotatable bonds is 6. The van der Waals surface area contributed by atoms with Crippen LogP contribution < -0.4 is 10.6 Å². The Kier molecular flexibility index (Phi) is 4.90. The largest absolute Gasteiger partial charge is 0.467 e. The first-order valence-electron chi connectivity index (χ1n) is 6.63. The van der Waals surface area contributed by atoms with Crippen LogP contribution in [0.5, 0.6) is 0 Å². The fraction of sp³-hybridized carbons (Fsp3) is 0.333. The van der Waals surface area contributed by atoms with Crippen LogP contribution in [0.4, 0.5) is 0 Å². The minimum Gasteiger partial charge on any atom is -0.467 e. The molecule has 2 atom stereocenters. The Morgan fingerprint density at radius 1 is 1.30 bits per heavy atom. The first-order valence-corrected chi connectivity index (χ1v) is 6.63. The van der Waals surface area contributed by atoms with Gasteiger partial charge in [0.25, 0.3) is 0 Å². The summed E-state index contributed by atoms with van der Waals surface area (Å²) in [4.78, 5) is 16.0. The van der Waals surface area contributed by atoms with Gasteiger partial charge in [-0.2, -0.15) is 0 Å². The summed E-state index contributed by atoms with van der Waals surface area (Å²) in [6, 6.07) is 7.30. The zero-order chi connectivity index (χ0) is 14.4. The average Bonchev–Trinajstić information content (AvgIpc) is 2.98. The van der Waals surface area contributed by atoms with Gasteiger partial charge in [-0.25, -0.2) is 0 Å². The molecule has 0 fully saturated rings. The summed E-state index contributed by atoms with van der Waals surface area (Å²) in [5.74, 6) is 0.690. The summed E-state index contributed by atoms with van der Waals surface area (Å²) < 4.78 is 5.17. The molecule has 0 aliphatic rings. The standard InChI is InChI=1S/C15H19N3O2/c1-11(13-5-7-16-8-6-13)18-12(2)15(19)17-10-14-4-3-9-20-14/h3-9,11-12,18H,10H2,1-2H3,(H,17,19)/t11-,12?/m0/s1. The van der Waals surface area contributed by atoms with Gasteiger partial charge in [0.05, 0.1) is 18.8 Å². The maximum Gasteiger partial charge on any atom is 0.237 e. The van der Waals surface area contributed by atoms with Gasteiger partial charge in [0.15, 0.2) is 0 Å². The van der Waals surface area contributed by atoms with Gasteiger partial charge in [-0.15, -0.1) is 0 Å². The molecule has 0 aromatic carbocycles. The van der Waals surface area contributed by atoms with Crippen LogP contribution in [-0.4, -0.2) is 16.9 Å². The molecule has 0 saturated carbocycles. The van der Waals surface area contributed by atoms with Crippen molar-refractivity contribution in [3.8, 4) is 0 Å². The highest BCUT2D eigenvalue weighted by molar-refractivity contribution is 5.81. The second-order valence-electron chi connectivity index (χ2n) is 4.69. The third-order valence-electron chi connectivity index (χ3n) is 3.12. The Morgan fingerprint density at radius 2 is 2.05 bits per heavy atom. The fourth-order valence-corrected chi connectivity index (χ4v) is 1.94. The lowest BCUT2D eigenvalue weighted by molar-refractivity contribution is -0.123. The van der Waals surface area contributed by atoms with Crippen molar-refractivity contribution in [2.45, 2.75) is 32.5 Å². The lowest BCUT2D eigenvalue weighted by Crippen LogP contribution is -2.42. The predicted octanol–water partition coefficient (Wildman–Crippen LogP) is 2.03. The SMILES string of the molecule is CC(N[C@@H](C)c1ccncc1)C(=O)NCc1ccco1. The zero-order valence-electron chi connectivity index (χ0n) is 11.7. The van der Waals surface area contributed by atoms with E-state index in [-0.39, 0.29) is 18.0 Å². The number of nitrogens with zero attached hydrogens (tertiary/aromatic N) is 1. The van der Waals surface area contributed by atoms with Crippen molar-refractivity contribution in [2.24, 2.45) is 0 Å². The molecule has 1 amide bonds. The molecule has 0 bridgehead atoms. The topological polar surface area (TPSA) is 67.2 Å². The van der Waals surface area contributed by atoms with Crippen LogP contribution in [0.3, 0.4) is 0 Å². The molecule has 5 nitrogen and oxygen atoms in total. The number of pyridine rings is 1. The molecular weight excluding hydrogens is 254 g/mol. The Bertz CT molecular complexity index is 525. The smallest absolute Gasteiger partial charge is 0.237 e. The highest BCUT2D eigenvalue weighted by Gasteiger charge is 2.16. The number of carbonyl (C=O) groups excluding carboxylic acids is 1. The number of hydrogen-bond donors (Lipinski definition) is 2. The van der Waals surface area contributed by atoms with E-state index in [4.69, 9.17) is 4.42 Å². The first-order chi connectivity index (χ1) is 9.66. The van der Waals surface area contributed by atoms with E-state index in [1.807, 2.05) is 32.0 Å². The lowest BCUT2D eigenvalue weighted by Gasteiger charge is -2.19. The quantitative estimate of drug-likeness (QED) is 0.845. The van der Waals surface area contributed by atoms with Gasteiger partial charge < -0.3 is 9.73 Å². The minimum absolute atomic E-state index is 0.0534. The van der Waals surface area contributed by atoms with Crippen molar-refractivity contribution in [2.75, 3.05) is 0 Å². The molecule has 2 aromatic rings. The van der Waals surface area contributed by atoms with E-state index in [1.54, 1.807) is 24.7 Å². The van der Waals surface area contributed by atoms with Crippen molar-refractivity contribution >= 4 is 5.91 Å². The van der Waals surface area contributed by atoms with Gasteiger partial charge in [0.1, 0.15) is 5.76 Å². The van der Waals surface area contributed by atoms with Crippen LogP contribution in [0, 0.1) is 0 Å². The molecule has 0 saturated heterocycles. The molecule has 106 valence electrons. The number of aromatic nitrogens is 1. The van der Waals surface area contributed by atoms with Gasteiger partial charge in [-0.05, 0) is 43.7 Å². The predicted molar refractivity (Wildman–Crippen MR) is 75.8 cm³/mol. The van der Waals surface area contributed by atoms with Crippen molar-refractivity contribution < 1.29 is 9.21 Å². The number of nitrogens with one attached hydrogen (secondary N) is 2. The van der Waals surface area contributed by atoms with Crippen LogP contribution in [0.1, 0.15) is 31.2 Å². The minimum atomic E-state index is -0.284. The third-order valence-corrected chi connectivity index (χ3v) is 3.12. The number of carbonyl (C=O) groups is 1. The van der Waals surface area contributed by atoms with Crippen molar-refractivity contribution in [3.05, 3.63) is 54.2 Å². The summed E-state index contributed by atoms with van der Waals surface area (Å²) in [5.41, 5.74) is 1.10.